The lowest BCUT2D eigenvalue weighted by atomic mass is 9.97. The zero-order valence-corrected chi connectivity index (χ0v) is 23.6. The molecule has 0 radical (unpaired) electrons. The second-order valence-electron chi connectivity index (χ2n) is 11.1. The minimum atomic E-state index is 0.746. The summed E-state index contributed by atoms with van der Waals surface area (Å²) < 4.78 is 0. The van der Waals surface area contributed by atoms with Gasteiger partial charge in [0.15, 0.2) is 0 Å². The smallest absolute Gasteiger partial charge is 0.116 e. The van der Waals surface area contributed by atoms with Crippen LogP contribution < -0.4 is 0 Å². The summed E-state index contributed by atoms with van der Waals surface area (Å²) in [6.07, 6.45) is 0. The molecule has 0 saturated carbocycles. The number of rotatable bonds is 2. The van der Waals surface area contributed by atoms with Crippen molar-refractivity contribution in [2.45, 2.75) is 0 Å². The van der Waals surface area contributed by atoms with Gasteiger partial charge in [-0.1, -0.05) is 109 Å². The van der Waals surface area contributed by atoms with Gasteiger partial charge in [-0.2, -0.15) is 0 Å². The Labute approximate surface area is 253 Å². The van der Waals surface area contributed by atoms with Gasteiger partial charge >= 0.3 is 0 Å². The molecule has 0 N–H and O–H groups in total. The standard InChI is InChI=1S/C40H24N4/c1-3-11-27-21-31(19-17-25(27)9-1)37-39-35(23-29-13-5-7-15-33(29)41-39)44-38(32-20-18-26-10-2-4-12-28(26)22-32)40-36(43-37)24-30-14-6-8-16-34(30)42-40/h1-24H/b39-37?,40-38?,43-36?,43-37-,44-35?,44-38-. The molecule has 9 rings (SSSR count). The molecule has 0 amide bonds. The lowest BCUT2D eigenvalue weighted by Crippen LogP contribution is -2.13. The van der Waals surface area contributed by atoms with Gasteiger partial charge in [-0.25, -0.2) is 20.0 Å². The molecule has 8 aromatic rings. The first-order valence-corrected chi connectivity index (χ1v) is 14.7. The van der Waals surface area contributed by atoms with E-state index >= 15 is 0 Å². The van der Waals surface area contributed by atoms with Gasteiger partial charge in [-0.05, 0) is 57.9 Å². The summed E-state index contributed by atoms with van der Waals surface area (Å²) in [6, 6.07) is 50.4. The Hall–Kier alpha value is -6.00. The number of fused-ring (bicyclic) bond motifs is 6. The van der Waals surface area contributed by atoms with E-state index in [-0.39, 0.29) is 0 Å². The van der Waals surface area contributed by atoms with E-state index in [4.69, 9.17) is 20.0 Å². The Balaban J connectivity index is 1.39. The van der Waals surface area contributed by atoms with Crippen LogP contribution in [0.4, 0.5) is 11.4 Å². The first-order chi connectivity index (χ1) is 21.8. The second-order valence-corrected chi connectivity index (χ2v) is 11.1. The topological polar surface area (TPSA) is 50.5 Å². The Bertz CT molecular complexity index is 2330. The Morgan fingerprint density at radius 2 is 0.705 bits per heavy atom. The number of aromatic nitrogens is 2. The van der Waals surface area contributed by atoms with E-state index in [0.29, 0.717) is 0 Å². The highest BCUT2D eigenvalue weighted by molar-refractivity contribution is 6.23. The normalized spacial score (nSPS) is 15.2. The average Bonchev–Trinajstić information content (AvgIpc) is 3.08. The molecule has 4 heteroatoms. The van der Waals surface area contributed by atoms with E-state index in [1.54, 1.807) is 0 Å². The Morgan fingerprint density at radius 3 is 1.16 bits per heavy atom. The van der Waals surface area contributed by atoms with Gasteiger partial charge in [0.05, 0.1) is 33.8 Å². The molecular formula is C40H24N4. The zero-order chi connectivity index (χ0) is 29.0. The van der Waals surface area contributed by atoms with Gasteiger partial charge < -0.3 is 0 Å². The third-order valence-corrected chi connectivity index (χ3v) is 8.37. The van der Waals surface area contributed by atoms with Crippen LogP contribution in [0.25, 0.3) is 43.4 Å². The Morgan fingerprint density at radius 1 is 0.318 bits per heavy atom. The summed E-state index contributed by atoms with van der Waals surface area (Å²) in [6.45, 7) is 0. The summed E-state index contributed by atoms with van der Waals surface area (Å²) >= 11 is 0. The highest BCUT2D eigenvalue weighted by Crippen LogP contribution is 2.36. The fourth-order valence-corrected chi connectivity index (χ4v) is 6.15. The first kappa shape index (κ1) is 24.6. The van der Waals surface area contributed by atoms with Crippen molar-refractivity contribution >= 4 is 66.1 Å². The van der Waals surface area contributed by atoms with Crippen LogP contribution in [0.3, 0.4) is 0 Å². The van der Waals surface area contributed by atoms with E-state index in [1.807, 2.05) is 36.4 Å². The molecule has 1 aliphatic rings. The van der Waals surface area contributed by atoms with Crippen LogP contribution in [0.2, 0.25) is 0 Å². The monoisotopic (exact) mass is 560 g/mol. The second kappa shape index (κ2) is 9.79. The summed E-state index contributed by atoms with van der Waals surface area (Å²) in [5, 5.41) is 6.71. The third-order valence-electron chi connectivity index (χ3n) is 8.37. The van der Waals surface area contributed by atoms with Crippen molar-refractivity contribution < 1.29 is 0 Å². The van der Waals surface area contributed by atoms with Gasteiger partial charge in [-0.15, -0.1) is 0 Å². The number of benzene rings is 6. The van der Waals surface area contributed by atoms with Crippen LogP contribution in [0.15, 0.2) is 156 Å². The minimum absolute atomic E-state index is 0.746. The quantitative estimate of drug-likeness (QED) is 0.211. The molecule has 0 unspecified atom stereocenters. The van der Waals surface area contributed by atoms with Crippen molar-refractivity contribution in [3.63, 3.8) is 0 Å². The van der Waals surface area contributed by atoms with Gasteiger partial charge in [0.2, 0.25) is 0 Å². The van der Waals surface area contributed by atoms with Gasteiger partial charge in [0, 0.05) is 21.9 Å². The number of aliphatic imine (C=N–C) groups is 2. The van der Waals surface area contributed by atoms with Gasteiger partial charge in [-0.3, -0.25) is 0 Å². The van der Waals surface area contributed by atoms with Crippen LogP contribution in [0.5, 0.6) is 0 Å². The molecule has 0 aliphatic carbocycles. The summed E-state index contributed by atoms with van der Waals surface area (Å²) in [5.41, 5.74) is 8.34. The molecule has 2 aromatic heterocycles. The van der Waals surface area contributed by atoms with Crippen LogP contribution >= 0.6 is 0 Å². The number of hydrogen-bond donors (Lipinski definition) is 0. The van der Waals surface area contributed by atoms with Crippen molar-refractivity contribution in [1.29, 1.82) is 0 Å². The molecule has 0 bridgehead atoms. The highest BCUT2D eigenvalue weighted by Gasteiger charge is 2.24. The molecule has 0 atom stereocenters. The molecule has 3 heterocycles. The lowest BCUT2D eigenvalue weighted by molar-refractivity contribution is 1.27. The number of hydrogen-bond acceptors (Lipinski definition) is 4. The van der Waals surface area contributed by atoms with E-state index in [9.17, 15) is 0 Å². The maximum Gasteiger partial charge on any atom is 0.116 e. The van der Waals surface area contributed by atoms with Crippen LogP contribution in [0, 0.1) is 0 Å². The van der Waals surface area contributed by atoms with Crippen molar-refractivity contribution in [3.8, 4) is 0 Å². The van der Waals surface area contributed by atoms with Crippen LogP contribution in [-0.2, 0) is 0 Å². The summed E-state index contributed by atoms with van der Waals surface area (Å²) in [7, 11) is 0. The average molecular weight is 561 g/mol. The van der Waals surface area contributed by atoms with Crippen LogP contribution in [0.1, 0.15) is 22.5 Å². The fourth-order valence-electron chi connectivity index (χ4n) is 6.15. The molecule has 44 heavy (non-hydrogen) atoms. The molecular weight excluding hydrogens is 536 g/mol. The van der Waals surface area contributed by atoms with Crippen molar-refractivity contribution in [2.75, 3.05) is 0 Å². The van der Waals surface area contributed by atoms with Crippen LogP contribution in [-0.4, -0.2) is 21.4 Å². The molecule has 0 saturated heterocycles. The van der Waals surface area contributed by atoms with E-state index in [1.165, 1.54) is 10.8 Å². The first-order valence-electron chi connectivity index (χ1n) is 14.7. The van der Waals surface area contributed by atoms with E-state index < -0.39 is 0 Å². The SMILES string of the molecule is c1ccc2cc(/C3=N/c4cc5ccccc5nc4/C(c4ccc5ccccc5c4)=N\c4cc5ccccc5nc43)ccc2c1. The molecule has 1 aliphatic heterocycles. The predicted octanol–water partition coefficient (Wildman–Crippen LogP) is 9.74. The molecule has 0 fully saturated rings. The maximum atomic E-state index is 5.42. The van der Waals surface area contributed by atoms with Gasteiger partial charge in [0.25, 0.3) is 0 Å². The lowest BCUT2D eigenvalue weighted by Gasteiger charge is -2.18. The number of pyridine rings is 2. The molecule has 6 aromatic carbocycles. The van der Waals surface area contributed by atoms with Crippen molar-refractivity contribution in [1.82, 2.24) is 9.97 Å². The maximum absolute atomic E-state index is 5.42. The minimum Gasteiger partial charge on any atom is -0.244 e. The largest absolute Gasteiger partial charge is 0.244 e. The third kappa shape index (κ3) is 4.08. The summed E-state index contributed by atoms with van der Waals surface area (Å²) in [4.78, 5) is 21.3. The van der Waals surface area contributed by atoms with E-state index in [2.05, 4.69) is 109 Å². The predicted molar refractivity (Wildman–Crippen MR) is 182 cm³/mol. The highest BCUT2D eigenvalue weighted by atomic mass is 14.9. The number of para-hydroxylation sites is 2. The molecule has 204 valence electrons. The fraction of sp³-hybridized carbons (Fsp3) is 0. The summed E-state index contributed by atoms with van der Waals surface area (Å²) in [5.74, 6) is 0. The van der Waals surface area contributed by atoms with Crippen molar-refractivity contribution in [2.24, 2.45) is 9.98 Å². The van der Waals surface area contributed by atoms with Crippen molar-refractivity contribution in [3.05, 3.63) is 168 Å². The number of nitrogens with zero attached hydrogens (tertiary/aromatic N) is 4. The van der Waals surface area contributed by atoms with E-state index in [0.717, 1.165) is 77.9 Å². The Kier molecular flexibility index (Phi) is 5.47. The van der Waals surface area contributed by atoms with Gasteiger partial charge in [0.1, 0.15) is 11.4 Å². The molecule has 4 nitrogen and oxygen atoms in total. The molecule has 0 spiro atoms. The zero-order valence-electron chi connectivity index (χ0n) is 23.6.